The van der Waals surface area contributed by atoms with Gasteiger partial charge in [0.1, 0.15) is 5.82 Å². The SMILES string of the molecule is CC1CNCCN(C(C)c2ccccc2F)C1. The van der Waals surface area contributed by atoms with Crippen LogP contribution in [0.1, 0.15) is 25.5 Å². The van der Waals surface area contributed by atoms with Crippen molar-refractivity contribution in [2.24, 2.45) is 5.92 Å². The van der Waals surface area contributed by atoms with Crippen LogP contribution in [0.2, 0.25) is 0 Å². The summed E-state index contributed by atoms with van der Waals surface area (Å²) in [5, 5.41) is 3.41. The summed E-state index contributed by atoms with van der Waals surface area (Å²) in [5.74, 6) is 0.525. The second kappa shape index (κ2) is 5.61. The van der Waals surface area contributed by atoms with Crippen LogP contribution in [0.4, 0.5) is 4.39 Å². The van der Waals surface area contributed by atoms with Gasteiger partial charge in [0.05, 0.1) is 0 Å². The maximum absolute atomic E-state index is 13.8. The smallest absolute Gasteiger partial charge is 0.127 e. The van der Waals surface area contributed by atoms with Crippen molar-refractivity contribution in [2.75, 3.05) is 26.2 Å². The maximum Gasteiger partial charge on any atom is 0.127 e. The van der Waals surface area contributed by atoms with Crippen molar-refractivity contribution in [2.45, 2.75) is 19.9 Å². The first-order valence-electron chi connectivity index (χ1n) is 6.37. The third-order valence-corrected chi connectivity index (χ3v) is 3.52. The summed E-state index contributed by atoms with van der Waals surface area (Å²) in [6.45, 7) is 8.39. The van der Waals surface area contributed by atoms with Crippen molar-refractivity contribution in [3.8, 4) is 0 Å². The molecular weight excluding hydrogens is 215 g/mol. The van der Waals surface area contributed by atoms with Gasteiger partial charge in [0.2, 0.25) is 0 Å². The van der Waals surface area contributed by atoms with Crippen molar-refractivity contribution in [3.63, 3.8) is 0 Å². The van der Waals surface area contributed by atoms with Gasteiger partial charge in [0.15, 0.2) is 0 Å². The van der Waals surface area contributed by atoms with E-state index in [9.17, 15) is 4.39 Å². The van der Waals surface area contributed by atoms with Crippen LogP contribution in [-0.4, -0.2) is 31.1 Å². The first-order chi connectivity index (χ1) is 8.18. The van der Waals surface area contributed by atoms with Gasteiger partial charge in [-0.15, -0.1) is 0 Å². The van der Waals surface area contributed by atoms with Gasteiger partial charge >= 0.3 is 0 Å². The molecule has 0 saturated carbocycles. The summed E-state index contributed by atoms with van der Waals surface area (Å²) in [6, 6.07) is 7.25. The van der Waals surface area contributed by atoms with Crippen LogP contribution < -0.4 is 5.32 Å². The van der Waals surface area contributed by atoms with E-state index in [0.717, 1.165) is 31.7 Å². The number of halogens is 1. The highest BCUT2D eigenvalue weighted by molar-refractivity contribution is 5.20. The molecule has 0 radical (unpaired) electrons. The highest BCUT2D eigenvalue weighted by Crippen LogP contribution is 2.23. The van der Waals surface area contributed by atoms with E-state index in [0.29, 0.717) is 5.92 Å². The van der Waals surface area contributed by atoms with Gasteiger partial charge in [-0.05, 0) is 25.5 Å². The number of nitrogens with one attached hydrogen (secondary N) is 1. The van der Waals surface area contributed by atoms with Crippen LogP contribution in [0.15, 0.2) is 24.3 Å². The minimum Gasteiger partial charge on any atom is -0.315 e. The molecule has 2 unspecified atom stereocenters. The molecule has 17 heavy (non-hydrogen) atoms. The Kier molecular flexibility index (Phi) is 4.13. The molecule has 0 spiro atoms. The molecule has 1 heterocycles. The average Bonchev–Trinajstić information content (AvgIpc) is 2.54. The molecule has 2 atom stereocenters. The lowest BCUT2D eigenvalue weighted by Gasteiger charge is -2.29. The Balaban J connectivity index is 2.13. The van der Waals surface area contributed by atoms with Gasteiger partial charge in [-0.1, -0.05) is 25.1 Å². The van der Waals surface area contributed by atoms with E-state index in [1.165, 1.54) is 0 Å². The lowest BCUT2D eigenvalue weighted by molar-refractivity contribution is 0.200. The number of rotatable bonds is 2. The average molecular weight is 236 g/mol. The molecule has 0 amide bonds. The lowest BCUT2D eigenvalue weighted by Crippen LogP contribution is -2.32. The Morgan fingerprint density at radius 2 is 2.18 bits per heavy atom. The molecule has 2 rings (SSSR count). The minimum absolute atomic E-state index is 0.0927. The van der Waals surface area contributed by atoms with Gasteiger partial charge in [0.25, 0.3) is 0 Å². The Labute approximate surface area is 103 Å². The van der Waals surface area contributed by atoms with Crippen LogP contribution in [0.3, 0.4) is 0 Å². The molecule has 0 aliphatic carbocycles. The first kappa shape index (κ1) is 12.5. The van der Waals surface area contributed by atoms with E-state index in [1.807, 2.05) is 12.1 Å². The Bertz CT molecular complexity index is 367. The molecule has 3 heteroatoms. The van der Waals surface area contributed by atoms with E-state index in [4.69, 9.17) is 0 Å². The highest BCUT2D eigenvalue weighted by atomic mass is 19.1. The van der Waals surface area contributed by atoms with Crippen LogP contribution >= 0.6 is 0 Å². The van der Waals surface area contributed by atoms with E-state index >= 15 is 0 Å². The van der Waals surface area contributed by atoms with Gasteiger partial charge < -0.3 is 5.32 Å². The first-order valence-corrected chi connectivity index (χ1v) is 6.37. The van der Waals surface area contributed by atoms with Gasteiger partial charge in [0, 0.05) is 31.2 Å². The number of nitrogens with zero attached hydrogens (tertiary/aromatic N) is 1. The molecule has 1 aliphatic rings. The van der Waals surface area contributed by atoms with E-state index in [2.05, 4.69) is 24.1 Å². The van der Waals surface area contributed by atoms with E-state index in [1.54, 1.807) is 12.1 Å². The molecule has 0 bridgehead atoms. The molecule has 1 aliphatic heterocycles. The molecule has 1 N–H and O–H groups in total. The minimum atomic E-state index is -0.0927. The van der Waals surface area contributed by atoms with Crippen LogP contribution in [-0.2, 0) is 0 Å². The highest BCUT2D eigenvalue weighted by Gasteiger charge is 2.21. The summed E-state index contributed by atoms with van der Waals surface area (Å²) in [7, 11) is 0. The normalized spacial score (nSPS) is 24.3. The number of hydrogen-bond acceptors (Lipinski definition) is 2. The topological polar surface area (TPSA) is 15.3 Å². The summed E-state index contributed by atoms with van der Waals surface area (Å²) in [4.78, 5) is 2.36. The predicted octanol–water partition coefficient (Wildman–Crippen LogP) is 2.43. The fourth-order valence-corrected chi connectivity index (χ4v) is 2.49. The summed E-state index contributed by atoms with van der Waals surface area (Å²) >= 11 is 0. The molecular formula is C14H21FN2. The van der Waals surface area contributed by atoms with Crippen LogP contribution in [0.25, 0.3) is 0 Å². The molecule has 2 nitrogen and oxygen atoms in total. The second-order valence-corrected chi connectivity index (χ2v) is 5.00. The zero-order valence-corrected chi connectivity index (χ0v) is 10.6. The number of benzene rings is 1. The van der Waals surface area contributed by atoms with Crippen LogP contribution in [0.5, 0.6) is 0 Å². The van der Waals surface area contributed by atoms with Crippen molar-refractivity contribution >= 4 is 0 Å². The largest absolute Gasteiger partial charge is 0.315 e. The molecule has 0 aromatic heterocycles. The van der Waals surface area contributed by atoms with Gasteiger partial charge in [-0.3, -0.25) is 4.90 Å². The standard InChI is InChI=1S/C14H21FN2/c1-11-9-16-7-8-17(10-11)12(2)13-5-3-4-6-14(13)15/h3-6,11-12,16H,7-10H2,1-2H3. The zero-order valence-electron chi connectivity index (χ0n) is 10.6. The summed E-state index contributed by atoms with van der Waals surface area (Å²) in [6.07, 6.45) is 0. The van der Waals surface area contributed by atoms with E-state index in [-0.39, 0.29) is 11.9 Å². The van der Waals surface area contributed by atoms with Crippen LogP contribution in [0, 0.1) is 11.7 Å². The predicted molar refractivity (Wildman–Crippen MR) is 68.4 cm³/mol. The molecule has 1 aromatic carbocycles. The number of hydrogen-bond donors (Lipinski definition) is 1. The summed E-state index contributed by atoms with van der Waals surface area (Å²) in [5.41, 5.74) is 0.807. The van der Waals surface area contributed by atoms with Gasteiger partial charge in [-0.25, -0.2) is 4.39 Å². The lowest BCUT2D eigenvalue weighted by atomic mass is 10.0. The zero-order chi connectivity index (χ0) is 12.3. The van der Waals surface area contributed by atoms with Gasteiger partial charge in [-0.2, -0.15) is 0 Å². The summed E-state index contributed by atoms with van der Waals surface area (Å²) < 4.78 is 13.8. The molecule has 1 aromatic rings. The molecule has 1 fully saturated rings. The Hall–Kier alpha value is -0.930. The molecule has 94 valence electrons. The third kappa shape index (κ3) is 3.05. The van der Waals surface area contributed by atoms with E-state index < -0.39 is 0 Å². The Morgan fingerprint density at radius 1 is 1.41 bits per heavy atom. The Morgan fingerprint density at radius 3 is 2.94 bits per heavy atom. The maximum atomic E-state index is 13.8. The fourth-order valence-electron chi connectivity index (χ4n) is 2.49. The van der Waals surface area contributed by atoms with Crippen molar-refractivity contribution in [3.05, 3.63) is 35.6 Å². The molecule has 1 saturated heterocycles. The third-order valence-electron chi connectivity index (χ3n) is 3.52. The fraction of sp³-hybridized carbons (Fsp3) is 0.571. The second-order valence-electron chi connectivity index (χ2n) is 5.00. The quantitative estimate of drug-likeness (QED) is 0.848. The van der Waals surface area contributed by atoms with Crippen molar-refractivity contribution in [1.82, 2.24) is 10.2 Å². The van der Waals surface area contributed by atoms with Crippen molar-refractivity contribution in [1.29, 1.82) is 0 Å². The van der Waals surface area contributed by atoms with Crippen molar-refractivity contribution < 1.29 is 4.39 Å². The monoisotopic (exact) mass is 236 g/mol.